The molecule has 4 nitrogen and oxygen atoms in total. The van der Waals surface area contributed by atoms with Crippen LogP contribution in [0.25, 0.3) is 0 Å². The summed E-state index contributed by atoms with van der Waals surface area (Å²) in [4.78, 5) is 24.3. The highest BCUT2D eigenvalue weighted by Gasteiger charge is 2.23. The smallest absolute Gasteiger partial charge is 0.336 e. The van der Waals surface area contributed by atoms with Gasteiger partial charge in [0.15, 0.2) is 5.78 Å². The van der Waals surface area contributed by atoms with Crippen LogP contribution in [0.1, 0.15) is 58.2 Å². The standard InChI is InChI=1S/C19H20O4/c1-11-5-8-16(20)15(9-11)17(21)14-10-12(19(2,3)4)6-7-13(14)18(22)23/h5-10,20H,1-4H3,(H,22,23). The number of hydrogen-bond donors (Lipinski definition) is 2. The lowest BCUT2D eigenvalue weighted by atomic mass is 9.84. The number of aromatic hydroxyl groups is 1. The summed E-state index contributed by atoms with van der Waals surface area (Å²) in [6.07, 6.45) is 0. The molecular weight excluding hydrogens is 292 g/mol. The van der Waals surface area contributed by atoms with Gasteiger partial charge in [-0.3, -0.25) is 4.79 Å². The summed E-state index contributed by atoms with van der Waals surface area (Å²) in [6, 6.07) is 9.46. The van der Waals surface area contributed by atoms with Gasteiger partial charge >= 0.3 is 5.97 Å². The van der Waals surface area contributed by atoms with E-state index in [1.165, 1.54) is 12.1 Å². The summed E-state index contributed by atoms with van der Waals surface area (Å²) in [6.45, 7) is 7.77. The highest BCUT2D eigenvalue weighted by Crippen LogP contribution is 2.28. The number of benzene rings is 2. The molecule has 0 aliphatic heterocycles. The lowest BCUT2D eigenvalue weighted by Gasteiger charge is -2.20. The first kappa shape index (κ1) is 16.7. The number of phenols is 1. The number of carbonyl (C=O) groups excluding carboxylic acids is 1. The molecular formula is C19H20O4. The summed E-state index contributed by atoms with van der Waals surface area (Å²) >= 11 is 0. The van der Waals surface area contributed by atoms with E-state index in [1.54, 1.807) is 31.2 Å². The maximum atomic E-state index is 12.8. The summed E-state index contributed by atoms with van der Waals surface area (Å²) < 4.78 is 0. The van der Waals surface area contributed by atoms with Gasteiger partial charge in [0.1, 0.15) is 5.75 Å². The van der Waals surface area contributed by atoms with E-state index in [0.29, 0.717) is 0 Å². The zero-order valence-corrected chi connectivity index (χ0v) is 13.7. The molecule has 2 aromatic rings. The van der Waals surface area contributed by atoms with Crippen molar-refractivity contribution in [3.63, 3.8) is 0 Å². The molecule has 0 bridgehead atoms. The van der Waals surface area contributed by atoms with Crippen LogP contribution in [0.15, 0.2) is 36.4 Å². The Morgan fingerprint density at radius 1 is 0.913 bits per heavy atom. The fraction of sp³-hybridized carbons (Fsp3) is 0.263. The SMILES string of the molecule is Cc1ccc(O)c(C(=O)c2cc(C(C)(C)C)ccc2C(=O)O)c1. The van der Waals surface area contributed by atoms with Crippen LogP contribution >= 0.6 is 0 Å². The van der Waals surface area contributed by atoms with Crippen molar-refractivity contribution in [2.45, 2.75) is 33.1 Å². The first-order valence-electron chi connectivity index (χ1n) is 7.33. The van der Waals surface area contributed by atoms with Crippen LogP contribution in [-0.2, 0) is 5.41 Å². The minimum absolute atomic E-state index is 0.0658. The van der Waals surface area contributed by atoms with E-state index in [4.69, 9.17) is 0 Å². The van der Waals surface area contributed by atoms with Gasteiger partial charge in [0.25, 0.3) is 0 Å². The van der Waals surface area contributed by atoms with Crippen molar-refractivity contribution in [3.05, 3.63) is 64.2 Å². The van der Waals surface area contributed by atoms with Gasteiger partial charge in [-0.05, 0) is 42.2 Å². The van der Waals surface area contributed by atoms with Crippen LogP contribution in [0.5, 0.6) is 5.75 Å². The Morgan fingerprint density at radius 3 is 2.13 bits per heavy atom. The number of ketones is 1. The molecule has 23 heavy (non-hydrogen) atoms. The van der Waals surface area contributed by atoms with Gasteiger partial charge in [-0.1, -0.05) is 38.5 Å². The Morgan fingerprint density at radius 2 is 1.57 bits per heavy atom. The third kappa shape index (κ3) is 3.42. The second kappa shape index (κ2) is 5.88. The highest BCUT2D eigenvalue weighted by molar-refractivity contribution is 6.15. The van der Waals surface area contributed by atoms with Gasteiger partial charge in [0.05, 0.1) is 11.1 Å². The molecule has 0 amide bonds. The third-order valence-corrected chi connectivity index (χ3v) is 3.76. The summed E-state index contributed by atoms with van der Waals surface area (Å²) in [5.41, 5.74) is 1.59. The second-order valence-electron chi connectivity index (χ2n) is 6.67. The number of phenolic OH excluding ortho intramolecular Hbond substituents is 1. The molecule has 0 aliphatic carbocycles. The first-order chi connectivity index (χ1) is 10.6. The van der Waals surface area contributed by atoms with Crippen molar-refractivity contribution in [1.29, 1.82) is 0 Å². The van der Waals surface area contributed by atoms with Crippen molar-refractivity contribution in [2.24, 2.45) is 0 Å². The zero-order chi connectivity index (χ0) is 17.4. The van der Waals surface area contributed by atoms with Crippen LogP contribution < -0.4 is 0 Å². The molecule has 0 atom stereocenters. The number of carboxylic acids is 1. The van der Waals surface area contributed by atoms with Crippen LogP contribution in [0.3, 0.4) is 0 Å². The van der Waals surface area contributed by atoms with Crippen molar-refractivity contribution >= 4 is 11.8 Å². The molecule has 0 aliphatic rings. The largest absolute Gasteiger partial charge is 0.507 e. The van der Waals surface area contributed by atoms with Crippen LogP contribution in [0.2, 0.25) is 0 Å². The van der Waals surface area contributed by atoms with E-state index in [9.17, 15) is 19.8 Å². The van der Waals surface area contributed by atoms with Gasteiger partial charge in [0.2, 0.25) is 0 Å². The van der Waals surface area contributed by atoms with Crippen molar-refractivity contribution in [1.82, 2.24) is 0 Å². The molecule has 0 radical (unpaired) electrons. The molecule has 4 heteroatoms. The molecule has 0 saturated heterocycles. The minimum atomic E-state index is -1.17. The Hall–Kier alpha value is -2.62. The number of aromatic carboxylic acids is 1. The van der Waals surface area contributed by atoms with E-state index in [2.05, 4.69) is 0 Å². The van der Waals surface area contributed by atoms with Gasteiger partial charge in [-0.15, -0.1) is 0 Å². The van der Waals surface area contributed by atoms with E-state index in [0.717, 1.165) is 11.1 Å². The molecule has 120 valence electrons. The monoisotopic (exact) mass is 312 g/mol. The molecule has 2 rings (SSSR count). The van der Waals surface area contributed by atoms with E-state index < -0.39 is 11.8 Å². The Bertz CT molecular complexity index is 782. The summed E-state index contributed by atoms with van der Waals surface area (Å²) in [5, 5.41) is 19.3. The Kier molecular flexibility index (Phi) is 4.28. The molecule has 0 unspecified atom stereocenters. The molecule has 0 spiro atoms. The fourth-order valence-electron chi connectivity index (χ4n) is 2.36. The Balaban J connectivity index is 2.66. The van der Waals surface area contributed by atoms with Gasteiger partial charge in [-0.25, -0.2) is 4.79 Å². The number of carbonyl (C=O) groups is 2. The predicted octanol–water partition coefficient (Wildman–Crippen LogP) is 3.93. The number of carboxylic acid groups (broad SMARTS) is 1. The summed E-state index contributed by atoms with van der Waals surface area (Å²) in [7, 11) is 0. The lowest BCUT2D eigenvalue weighted by Crippen LogP contribution is -2.16. The maximum Gasteiger partial charge on any atom is 0.336 e. The predicted molar refractivity (Wildman–Crippen MR) is 88.4 cm³/mol. The first-order valence-corrected chi connectivity index (χ1v) is 7.33. The van der Waals surface area contributed by atoms with Crippen LogP contribution in [0.4, 0.5) is 0 Å². The number of aryl methyl sites for hydroxylation is 1. The average molecular weight is 312 g/mol. The fourth-order valence-corrected chi connectivity index (χ4v) is 2.36. The van der Waals surface area contributed by atoms with Gasteiger partial charge in [-0.2, -0.15) is 0 Å². The molecule has 0 heterocycles. The van der Waals surface area contributed by atoms with Gasteiger partial charge < -0.3 is 10.2 Å². The average Bonchev–Trinajstić information content (AvgIpc) is 2.47. The number of rotatable bonds is 3. The summed E-state index contributed by atoms with van der Waals surface area (Å²) in [5.74, 6) is -1.81. The van der Waals surface area contributed by atoms with Crippen LogP contribution in [0, 0.1) is 6.92 Å². The van der Waals surface area contributed by atoms with E-state index in [1.807, 2.05) is 20.8 Å². The third-order valence-electron chi connectivity index (χ3n) is 3.76. The number of hydrogen-bond acceptors (Lipinski definition) is 3. The van der Waals surface area contributed by atoms with Crippen molar-refractivity contribution in [3.8, 4) is 5.75 Å². The highest BCUT2D eigenvalue weighted by atomic mass is 16.4. The van der Waals surface area contributed by atoms with Gasteiger partial charge in [0, 0.05) is 5.56 Å². The van der Waals surface area contributed by atoms with E-state index in [-0.39, 0.29) is 27.9 Å². The molecule has 0 saturated carbocycles. The van der Waals surface area contributed by atoms with E-state index >= 15 is 0 Å². The zero-order valence-electron chi connectivity index (χ0n) is 13.7. The molecule has 2 N–H and O–H groups in total. The molecule has 2 aromatic carbocycles. The second-order valence-corrected chi connectivity index (χ2v) is 6.67. The molecule has 0 fully saturated rings. The van der Waals surface area contributed by atoms with Crippen LogP contribution in [-0.4, -0.2) is 22.0 Å². The lowest BCUT2D eigenvalue weighted by molar-refractivity contribution is 0.0692. The Labute approximate surface area is 135 Å². The molecule has 0 aromatic heterocycles. The topological polar surface area (TPSA) is 74.6 Å². The normalized spacial score (nSPS) is 11.3. The minimum Gasteiger partial charge on any atom is -0.507 e. The van der Waals surface area contributed by atoms with Crippen molar-refractivity contribution < 1.29 is 19.8 Å². The van der Waals surface area contributed by atoms with Crippen molar-refractivity contribution in [2.75, 3.05) is 0 Å². The quantitative estimate of drug-likeness (QED) is 0.842. The maximum absolute atomic E-state index is 12.8.